The second kappa shape index (κ2) is 3.27. The van der Waals surface area contributed by atoms with E-state index in [1.54, 1.807) is 12.3 Å². The van der Waals surface area contributed by atoms with E-state index in [0.29, 0.717) is 4.64 Å². The molecule has 0 saturated heterocycles. The van der Waals surface area contributed by atoms with Crippen LogP contribution in [0.25, 0.3) is 0 Å². The van der Waals surface area contributed by atoms with Crippen molar-refractivity contribution in [2.45, 2.75) is 0 Å². The summed E-state index contributed by atoms with van der Waals surface area (Å²) in [4.78, 5) is 13.4. The van der Waals surface area contributed by atoms with Gasteiger partial charge in [-0.25, -0.2) is 5.48 Å². The van der Waals surface area contributed by atoms with Crippen molar-refractivity contribution in [3.8, 4) is 0 Å². The maximum absolute atomic E-state index is 10.8. The van der Waals surface area contributed by atoms with E-state index in [2.05, 4.69) is 4.98 Å². The van der Waals surface area contributed by atoms with Gasteiger partial charge in [0, 0.05) is 6.20 Å². The summed E-state index contributed by atoms with van der Waals surface area (Å²) >= 11 is 4.77. The van der Waals surface area contributed by atoms with Crippen molar-refractivity contribution in [2.24, 2.45) is 0 Å². The molecule has 0 saturated carbocycles. The lowest BCUT2D eigenvalue weighted by atomic mass is 10.3. The first kappa shape index (κ1) is 7.90. The Morgan fingerprint density at radius 2 is 2.45 bits per heavy atom. The number of H-pyrrole nitrogens is 1. The van der Waals surface area contributed by atoms with E-state index < -0.39 is 5.91 Å². The number of nitrogens with one attached hydrogen (secondary N) is 2. The smallest absolute Gasteiger partial charge is 0.277 e. The molecular formula is C6H6N2O2S. The molecule has 1 aromatic heterocycles. The molecule has 1 aromatic rings. The zero-order valence-electron chi connectivity index (χ0n) is 5.50. The van der Waals surface area contributed by atoms with Gasteiger partial charge in [-0.15, -0.1) is 0 Å². The van der Waals surface area contributed by atoms with E-state index in [4.69, 9.17) is 17.4 Å². The summed E-state index contributed by atoms with van der Waals surface area (Å²) in [5, 5.41) is 8.25. The van der Waals surface area contributed by atoms with Gasteiger partial charge in [-0.1, -0.05) is 12.2 Å². The summed E-state index contributed by atoms with van der Waals surface area (Å²) in [6, 6.07) is 3.14. The van der Waals surface area contributed by atoms with Crippen molar-refractivity contribution in [1.29, 1.82) is 0 Å². The Balaban J connectivity index is 3.14. The molecule has 0 aliphatic heterocycles. The maximum Gasteiger partial charge on any atom is 0.277 e. The van der Waals surface area contributed by atoms with Gasteiger partial charge < -0.3 is 4.98 Å². The number of carbonyl (C=O) groups is 1. The zero-order chi connectivity index (χ0) is 8.27. The zero-order valence-corrected chi connectivity index (χ0v) is 6.31. The summed E-state index contributed by atoms with van der Waals surface area (Å²) in [5.74, 6) is -0.605. The van der Waals surface area contributed by atoms with Crippen molar-refractivity contribution in [3.63, 3.8) is 0 Å². The average Bonchev–Trinajstić information content (AvgIpc) is 2.04. The number of amides is 1. The SMILES string of the molecule is O=C(NO)c1ccc[nH]c1=S. The Kier molecular flexibility index (Phi) is 2.35. The summed E-state index contributed by atoms with van der Waals surface area (Å²) in [5.41, 5.74) is 1.75. The highest BCUT2D eigenvalue weighted by Gasteiger charge is 2.03. The lowest BCUT2D eigenvalue weighted by Gasteiger charge is -1.96. The Bertz CT molecular complexity index is 320. The van der Waals surface area contributed by atoms with Gasteiger partial charge in [0.25, 0.3) is 5.91 Å². The molecular weight excluding hydrogens is 164 g/mol. The van der Waals surface area contributed by atoms with E-state index in [1.807, 2.05) is 0 Å². The fourth-order valence-corrected chi connectivity index (χ4v) is 0.889. The highest BCUT2D eigenvalue weighted by Crippen LogP contribution is 1.97. The summed E-state index contributed by atoms with van der Waals surface area (Å²) in [6.45, 7) is 0. The molecule has 0 aliphatic rings. The van der Waals surface area contributed by atoms with Gasteiger partial charge in [-0.3, -0.25) is 10.0 Å². The van der Waals surface area contributed by atoms with Crippen LogP contribution in [0, 0.1) is 4.64 Å². The third-order valence-corrected chi connectivity index (χ3v) is 1.50. The summed E-state index contributed by atoms with van der Waals surface area (Å²) < 4.78 is 0.305. The van der Waals surface area contributed by atoms with Crippen LogP contribution in [-0.2, 0) is 0 Å². The number of aromatic amines is 1. The minimum atomic E-state index is -0.605. The predicted molar refractivity (Wildman–Crippen MR) is 40.9 cm³/mol. The molecule has 4 nitrogen and oxygen atoms in total. The van der Waals surface area contributed by atoms with E-state index >= 15 is 0 Å². The van der Waals surface area contributed by atoms with E-state index in [1.165, 1.54) is 11.5 Å². The fraction of sp³-hybridized carbons (Fsp3) is 0. The first-order valence-electron chi connectivity index (χ1n) is 2.88. The van der Waals surface area contributed by atoms with Crippen molar-refractivity contribution >= 4 is 18.1 Å². The van der Waals surface area contributed by atoms with Crippen LogP contribution in [-0.4, -0.2) is 16.1 Å². The van der Waals surface area contributed by atoms with Gasteiger partial charge in [0.2, 0.25) is 0 Å². The molecule has 0 unspecified atom stereocenters. The van der Waals surface area contributed by atoms with E-state index in [0.717, 1.165) is 0 Å². The highest BCUT2D eigenvalue weighted by atomic mass is 32.1. The number of pyridine rings is 1. The van der Waals surface area contributed by atoms with Crippen LogP contribution in [0.4, 0.5) is 0 Å². The Morgan fingerprint density at radius 3 is 3.00 bits per heavy atom. The first-order valence-corrected chi connectivity index (χ1v) is 3.28. The van der Waals surface area contributed by atoms with Crippen LogP contribution in [0.5, 0.6) is 0 Å². The Labute approximate surface area is 67.8 Å². The van der Waals surface area contributed by atoms with Crippen LogP contribution < -0.4 is 5.48 Å². The van der Waals surface area contributed by atoms with E-state index in [9.17, 15) is 4.79 Å². The monoisotopic (exact) mass is 170 g/mol. The summed E-state index contributed by atoms with van der Waals surface area (Å²) in [6.07, 6.45) is 1.61. The quantitative estimate of drug-likeness (QED) is 0.333. The summed E-state index contributed by atoms with van der Waals surface area (Å²) in [7, 11) is 0. The van der Waals surface area contributed by atoms with Crippen LogP contribution in [0.2, 0.25) is 0 Å². The predicted octanol–water partition coefficient (Wildman–Crippen LogP) is 0.863. The first-order chi connectivity index (χ1) is 5.25. The largest absolute Gasteiger partial charge is 0.352 e. The van der Waals surface area contributed by atoms with Gasteiger partial charge >= 0.3 is 0 Å². The van der Waals surface area contributed by atoms with Crippen LogP contribution in [0.1, 0.15) is 10.4 Å². The van der Waals surface area contributed by atoms with Crippen molar-refractivity contribution in [3.05, 3.63) is 28.5 Å². The molecule has 0 aliphatic carbocycles. The fourth-order valence-electron chi connectivity index (χ4n) is 0.661. The van der Waals surface area contributed by atoms with Crippen molar-refractivity contribution in [1.82, 2.24) is 10.5 Å². The molecule has 1 rings (SSSR count). The highest BCUT2D eigenvalue weighted by molar-refractivity contribution is 7.71. The molecule has 5 heteroatoms. The number of hydroxylamine groups is 1. The van der Waals surface area contributed by atoms with Gasteiger partial charge in [0.05, 0.1) is 5.56 Å². The Hall–Kier alpha value is -1.20. The number of hydrogen-bond acceptors (Lipinski definition) is 3. The van der Waals surface area contributed by atoms with Crippen molar-refractivity contribution < 1.29 is 10.0 Å². The lowest BCUT2D eigenvalue weighted by Crippen LogP contribution is -2.19. The standard InChI is InChI=1S/C6H6N2O2S/c9-5(8-10)4-2-1-3-7-6(4)11/h1-3,10H,(H,7,11)(H,8,9). The molecule has 0 aromatic carbocycles. The van der Waals surface area contributed by atoms with Crippen molar-refractivity contribution in [2.75, 3.05) is 0 Å². The van der Waals surface area contributed by atoms with Crippen LogP contribution >= 0.6 is 12.2 Å². The maximum atomic E-state index is 10.8. The minimum absolute atomic E-state index is 0.255. The molecule has 0 spiro atoms. The lowest BCUT2D eigenvalue weighted by molar-refractivity contribution is 0.0705. The molecule has 0 fully saturated rings. The molecule has 11 heavy (non-hydrogen) atoms. The van der Waals surface area contributed by atoms with Gasteiger partial charge in [-0.2, -0.15) is 0 Å². The molecule has 58 valence electrons. The molecule has 0 atom stereocenters. The number of carbonyl (C=O) groups excluding carboxylic acids is 1. The van der Waals surface area contributed by atoms with Gasteiger partial charge in [-0.05, 0) is 12.1 Å². The van der Waals surface area contributed by atoms with Crippen LogP contribution in [0.3, 0.4) is 0 Å². The molecule has 0 radical (unpaired) electrons. The third kappa shape index (κ3) is 1.63. The van der Waals surface area contributed by atoms with E-state index in [-0.39, 0.29) is 5.56 Å². The Morgan fingerprint density at radius 1 is 1.73 bits per heavy atom. The number of hydrogen-bond donors (Lipinski definition) is 3. The second-order valence-electron chi connectivity index (χ2n) is 1.85. The van der Waals surface area contributed by atoms with Gasteiger partial charge in [0.15, 0.2) is 0 Å². The van der Waals surface area contributed by atoms with Gasteiger partial charge in [0.1, 0.15) is 4.64 Å². The van der Waals surface area contributed by atoms with Crippen LogP contribution in [0.15, 0.2) is 18.3 Å². The molecule has 1 heterocycles. The topological polar surface area (TPSA) is 65.1 Å². The number of rotatable bonds is 1. The average molecular weight is 170 g/mol. The molecule has 1 amide bonds. The molecule has 3 N–H and O–H groups in total. The third-order valence-electron chi connectivity index (χ3n) is 1.16. The normalized spacial score (nSPS) is 9.18. The number of aromatic nitrogens is 1. The molecule has 0 bridgehead atoms. The minimum Gasteiger partial charge on any atom is -0.352 e. The second-order valence-corrected chi connectivity index (χ2v) is 2.26.